The minimum atomic E-state index is -1.17. The average molecular weight is 332 g/mol. The van der Waals surface area contributed by atoms with Gasteiger partial charge in [-0.15, -0.1) is 0 Å². The van der Waals surface area contributed by atoms with Gasteiger partial charge in [-0.3, -0.25) is 14.4 Å². The third kappa shape index (κ3) is 4.57. The van der Waals surface area contributed by atoms with Crippen LogP contribution < -0.4 is 10.6 Å². The van der Waals surface area contributed by atoms with E-state index in [4.69, 9.17) is 5.11 Å². The Kier molecular flexibility index (Phi) is 5.95. The summed E-state index contributed by atoms with van der Waals surface area (Å²) in [6.07, 6.45) is 5.57. The van der Waals surface area contributed by atoms with E-state index in [1.54, 1.807) is 25.1 Å². The number of nitrogens with one attached hydrogen (secondary N) is 2. The Labute approximate surface area is 141 Å². The molecule has 0 bridgehead atoms. The molecule has 0 radical (unpaired) electrons. The summed E-state index contributed by atoms with van der Waals surface area (Å²) in [4.78, 5) is 35.0. The first kappa shape index (κ1) is 18.0. The van der Waals surface area contributed by atoms with Crippen LogP contribution in [0.1, 0.15) is 54.9 Å². The fourth-order valence-corrected chi connectivity index (χ4v) is 2.81. The van der Waals surface area contributed by atoms with Gasteiger partial charge in [0.25, 0.3) is 5.91 Å². The highest BCUT2D eigenvalue weighted by Crippen LogP contribution is 2.20. The predicted molar refractivity (Wildman–Crippen MR) is 90.9 cm³/mol. The Morgan fingerprint density at radius 2 is 1.83 bits per heavy atom. The van der Waals surface area contributed by atoms with Crippen LogP contribution in [0.5, 0.6) is 0 Å². The van der Waals surface area contributed by atoms with Crippen molar-refractivity contribution >= 4 is 23.5 Å². The molecule has 1 saturated carbocycles. The minimum absolute atomic E-state index is 0.109. The molecule has 0 aliphatic heterocycles. The van der Waals surface area contributed by atoms with Crippen LogP contribution in [0.25, 0.3) is 0 Å². The Bertz CT molecular complexity index is 636. The van der Waals surface area contributed by atoms with E-state index < -0.39 is 17.8 Å². The Morgan fingerprint density at radius 3 is 2.42 bits per heavy atom. The van der Waals surface area contributed by atoms with E-state index in [0.717, 1.165) is 31.2 Å². The van der Waals surface area contributed by atoms with Crippen molar-refractivity contribution in [2.45, 2.75) is 52.0 Å². The molecule has 130 valence electrons. The Morgan fingerprint density at radius 1 is 1.17 bits per heavy atom. The van der Waals surface area contributed by atoms with Crippen molar-refractivity contribution in [3.05, 3.63) is 29.3 Å². The fraction of sp³-hybridized carbons (Fsp3) is 0.500. The number of aliphatic carboxylic acids is 1. The lowest BCUT2D eigenvalue weighted by Gasteiger charge is -2.23. The van der Waals surface area contributed by atoms with Crippen molar-refractivity contribution in [3.8, 4) is 0 Å². The van der Waals surface area contributed by atoms with Gasteiger partial charge in [-0.05, 0) is 50.5 Å². The van der Waals surface area contributed by atoms with Gasteiger partial charge in [-0.1, -0.05) is 19.3 Å². The topological polar surface area (TPSA) is 95.5 Å². The number of anilines is 1. The highest BCUT2D eigenvalue weighted by atomic mass is 16.4. The van der Waals surface area contributed by atoms with Gasteiger partial charge in [-0.2, -0.15) is 0 Å². The van der Waals surface area contributed by atoms with Gasteiger partial charge >= 0.3 is 5.97 Å². The quantitative estimate of drug-likeness (QED) is 0.722. The van der Waals surface area contributed by atoms with Crippen LogP contribution in [0.15, 0.2) is 18.2 Å². The van der Waals surface area contributed by atoms with Crippen LogP contribution in [-0.4, -0.2) is 28.9 Å². The smallest absolute Gasteiger partial charge is 0.315 e. The van der Waals surface area contributed by atoms with E-state index in [0.29, 0.717) is 11.3 Å². The second-order valence-electron chi connectivity index (χ2n) is 6.39. The molecule has 3 N–H and O–H groups in total. The zero-order chi connectivity index (χ0) is 17.7. The molecule has 1 aliphatic rings. The molecule has 1 unspecified atom stereocenters. The number of amides is 2. The number of benzene rings is 1. The van der Waals surface area contributed by atoms with Crippen molar-refractivity contribution < 1.29 is 19.5 Å². The summed E-state index contributed by atoms with van der Waals surface area (Å²) >= 11 is 0. The maximum Gasteiger partial charge on any atom is 0.315 e. The second-order valence-corrected chi connectivity index (χ2v) is 6.39. The van der Waals surface area contributed by atoms with Crippen molar-refractivity contribution in [1.29, 1.82) is 0 Å². The van der Waals surface area contributed by atoms with Gasteiger partial charge in [0.05, 0.1) is 0 Å². The summed E-state index contributed by atoms with van der Waals surface area (Å²) < 4.78 is 0. The lowest BCUT2D eigenvalue weighted by molar-refractivity contribution is -0.144. The van der Waals surface area contributed by atoms with Gasteiger partial charge in [-0.25, -0.2) is 0 Å². The Hall–Kier alpha value is -2.37. The van der Waals surface area contributed by atoms with Gasteiger partial charge in [0.1, 0.15) is 5.92 Å². The zero-order valence-electron chi connectivity index (χ0n) is 14.1. The first-order valence-electron chi connectivity index (χ1n) is 8.33. The lowest BCUT2D eigenvalue weighted by atomic mass is 9.95. The van der Waals surface area contributed by atoms with Crippen LogP contribution in [0, 0.1) is 12.8 Å². The third-order valence-corrected chi connectivity index (χ3v) is 4.45. The van der Waals surface area contributed by atoms with Gasteiger partial charge in [0.15, 0.2) is 0 Å². The highest BCUT2D eigenvalue weighted by molar-refractivity contribution is 6.04. The monoisotopic (exact) mass is 332 g/mol. The number of aryl methyl sites for hydroxylation is 1. The van der Waals surface area contributed by atoms with E-state index in [1.165, 1.54) is 13.3 Å². The SMILES string of the molecule is Cc1cc(C(=O)NC2CCCCC2)ccc1NC(=O)C(C)C(=O)O. The molecular weight excluding hydrogens is 308 g/mol. The standard InChI is InChI=1S/C18H24N2O4/c1-11-10-13(17(22)19-14-6-4-3-5-7-14)8-9-15(11)20-16(21)12(2)18(23)24/h8-10,12,14H,3-7H2,1-2H3,(H,19,22)(H,20,21)(H,23,24). The summed E-state index contributed by atoms with van der Waals surface area (Å²) in [6.45, 7) is 3.11. The molecule has 0 heterocycles. The van der Waals surface area contributed by atoms with Crippen LogP contribution in [0.2, 0.25) is 0 Å². The van der Waals surface area contributed by atoms with E-state index in [9.17, 15) is 14.4 Å². The number of carboxylic acid groups (broad SMARTS) is 1. The van der Waals surface area contributed by atoms with Crippen molar-refractivity contribution in [3.63, 3.8) is 0 Å². The van der Waals surface area contributed by atoms with Crippen LogP contribution in [0.3, 0.4) is 0 Å². The molecule has 1 aliphatic carbocycles. The molecule has 0 saturated heterocycles. The number of rotatable bonds is 5. The first-order chi connectivity index (χ1) is 11.4. The zero-order valence-corrected chi connectivity index (χ0v) is 14.1. The molecule has 6 nitrogen and oxygen atoms in total. The van der Waals surface area contributed by atoms with E-state index >= 15 is 0 Å². The molecule has 1 fully saturated rings. The van der Waals surface area contributed by atoms with Gasteiger partial charge in [0, 0.05) is 17.3 Å². The minimum Gasteiger partial charge on any atom is -0.481 e. The predicted octanol–water partition coefficient (Wildman–Crippen LogP) is 2.72. The number of hydrogen-bond donors (Lipinski definition) is 3. The van der Waals surface area contributed by atoms with Crippen LogP contribution in [-0.2, 0) is 9.59 Å². The first-order valence-corrected chi connectivity index (χ1v) is 8.33. The molecule has 0 aromatic heterocycles. The van der Waals surface area contributed by atoms with E-state index in [2.05, 4.69) is 10.6 Å². The largest absolute Gasteiger partial charge is 0.481 e. The molecule has 1 aromatic carbocycles. The van der Waals surface area contributed by atoms with Crippen LogP contribution >= 0.6 is 0 Å². The third-order valence-electron chi connectivity index (χ3n) is 4.45. The summed E-state index contributed by atoms with van der Waals surface area (Å²) in [7, 11) is 0. The summed E-state index contributed by atoms with van der Waals surface area (Å²) in [5.74, 6) is -2.99. The normalized spacial score (nSPS) is 16.2. The molecule has 0 spiro atoms. The maximum atomic E-state index is 12.3. The van der Waals surface area contributed by atoms with Crippen LogP contribution in [0.4, 0.5) is 5.69 Å². The molecule has 1 aromatic rings. The van der Waals surface area contributed by atoms with Gasteiger partial charge < -0.3 is 15.7 Å². The summed E-state index contributed by atoms with van der Waals surface area (Å²) in [5.41, 5.74) is 1.78. The van der Waals surface area contributed by atoms with Crippen molar-refractivity contribution in [2.24, 2.45) is 5.92 Å². The summed E-state index contributed by atoms with van der Waals surface area (Å²) in [6, 6.07) is 5.23. The highest BCUT2D eigenvalue weighted by Gasteiger charge is 2.21. The molecule has 2 rings (SSSR count). The van der Waals surface area contributed by atoms with Crippen molar-refractivity contribution in [2.75, 3.05) is 5.32 Å². The summed E-state index contributed by atoms with van der Waals surface area (Å²) in [5, 5.41) is 14.5. The molecule has 24 heavy (non-hydrogen) atoms. The molecule has 6 heteroatoms. The number of carbonyl (C=O) groups is 3. The number of carbonyl (C=O) groups excluding carboxylic acids is 2. The average Bonchev–Trinajstić information content (AvgIpc) is 2.56. The molecule has 1 atom stereocenters. The maximum absolute atomic E-state index is 12.3. The number of hydrogen-bond acceptors (Lipinski definition) is 3. The lowest BCUT2D eigenvalue weighted by Crippen LogP contribution is -2.36. The van der Waals surface area contributed by atoms with E-state index in [-0.39, 0.29) is 11.9 Å². The van der Waals surface area contributed by atoms with Gasteiger partial charge in [0.2, 0.25) is 5.91 Å². The molecular formula is C18H24N2O4. The van der Waals surface area contributed by atoms with E-state index in [1.807, 2.05) is 0 Å². The van der Waals surface area contributed by atoms with Crippen molar-refractivity contribution in [1.82, 2.24) is 5.32 Å². The Balaban J connectivity index is 2.01. The second kappa shape index (κ2) is 7.95. The number of carboxylic acids is 1. The fourth-order valence-electron chi connectivity index (χ4n) is 2.81. The molecule has 2 amide bonds.